The summed E-state index contributed by atoms with van der Waals surface area (Å²) in [5.41, 5.74) is 4.17. The van der Waals surface area contributed by atoms with Gasteiger partial charge < -0.3 is 5.32 Å². The van der Waals surface area contributed by atoms with Crippen LogP contribution < -0.4 is 5.32 Å². The van der Waals surface area contributed by atoms with E-state index in [4.69, 9.17) is 0 Å². The number of hydrogen-bond donors (Lipinski definition) is 1. The van der Waals surface area contributed by atoms with Crippen LogP contribution in [0.15, 0.2) is 30.4 Å². The normalized spacial score (nSPS) is 11.2. The first kappa shape index (κ1) is 14.0. The number of benzene rings is 1. The molecule has 1 nitrogen and oxygen atoms in total. The van der Waals surface area contributed by atoms with Gasteiger partial charge in [0.25, 0.3) is 0 Å². The van der Waals surface area contributed by atoms with Crippen molar-refractivity contribution in [3.8, 4) is 0 Å². The summed E-state index contributed by atoms with van der Waals surface area (Å²) in [5, 5.41) is 3.40. The second-order valence-electron chi connectivity index (χ2n) is 4.63. The lowest BCUT2D eigenvalue weighted by Crippen LogP contribution is -2.14. The number of nitrogens with one attached hydrogen (secondary N) is 1. The fourth-order valence-corrected chi connectivity index (χ4v) is 1.75. The molecule has 17 heavy (non-hydrogen) atoms. The van der Waals surface area contributed by atoms with E-state index in [2.05, 4.69) is 56.4 Å². The lowest BCUT2D eigenvalue weighted by Gasteiger charge is -2.02. The summed E-state index contributed by atoms with van der Waals surface area (Å²) in [7, 11) is 0. The Labute approximate surface area is 106 Å². The predicted molar refractivity (Wildman–Crippen MR) is 76.5 cm³/mol. The van der Waals surface area contributed by atoms with Gasteiger partial charge in [0.1, 0.15) is 0 Å². The van der Waals surface area contributed by atoms with Crippen molar-refractivity contribution in [3.05, 3.63) is 47.0 Å². The van der Waals surface area contributed by atoms with Gasteiger partial charge >= 0.3 is 0 Å². The topological polar surface area (TPSA) is 12.0 Å². The smallest absolute Gasteiger partial charge is 0.00143 e. The number of rotatable bonds is 7. The van der Waals surface area contributed by atoms with Crippen LogP contribution in [0.4, 0.5) is 0 Å². The number of aryl methyl sites for hydroxylation is 2. The Morgan fingerprint density at radius 1 is 1.06 bits per heavy atom. The van der Waals surface area contributed by atoms with Crippen molar-refractivity contribution < 1.29 is 0 Å². The van der Waals surface area contributed by atoms with Gasteiger partial charge in [-0.15, -0.1) is 0 Å². The molecule has 0 aliphatic carbocycles. The minimum Gasteiger partial charge on any atom is -0.316 e. The molecule has 0 saturated heterocycles. The molecule has 0 atom stereocenters. The van der Waals surface area contributed by atoms with E-state index in [1.807, 2.05) is 0 Å². The van der Waals surface area contributed by atoms with Gasteiger partial charge in [-0.25, -0.2) is 0 Å². The minimum absolute atomic E-state index is 1.05. The van der Waals surface area contributed by atoms with Gasteiger partial charge in [0, 0.05) is 0 Å². The van der Waals surface area contributed by atoms with E-state index in [-0.39, 0.29) is 0 Å². The molecule has 0 aromatic heterocycles. The van der Waals surface area contributed by atoms with Gasteiger partial charge in [-0.2, -0.15) is 0 Å². The molecule has 0 spiro atoms. The highest BCUT2D eigenvalue weighted by Crippen LogP contribution is 2.10. The van der Waals surface area contributed by atoms with Crippen LogP contribution in [0.5, 0.6) is 0 Å². The van der Waals surface area contributed by atoms with Crippen LogP contribution >= 0.6 is 0 Å². The Morgan fingerprint density at radius 2 is 1.88 bits per heavy atom. The van der Waals surface area contributed by atoms with Crippen LogP contribution in [0.2, 0.25) is 0 Å². The first-order chi connectivity index (χ1) is 8.24. The molecular weight excluding hydrogens is 206 g/mol. The van der Waals surface area contributed by atoms with E-state index in [0.717, 1.165) is 25.9 Å². The highest BCUT2D eigenvalue weighted by Gasteiger charge is 1.93. The van der Waals surface area contributed by atoms with Gasteiger partial charge in [-0.05, 0) is 62.9 Å². The van der Waals surface area contributed by atoms with E-state index in [1.165, 1.54) is 23.1 Å². The molecule has 0 aliphatic rings. The molecule has 0 bridgehead atoms. The summed E-state index contributed by atoms with van der Waals surface area (Å²) in [6.45, 7) is 8.76. The molecule has 1 aromatic rings. The fraction of sp³-hybridized carbons (Fsp3) is 0.500. The minimum atomic E-state index is 1.05. The zero-order chi connectivity index (χ0) is 12.5. The largest absolute Gasteiger partial charge is 0.316 e. The maximum absolute atomic E-state index is 3.40. The maximum Gasteiger partial charge on any atom is -0.00143 e. The SMILES string of the molecule is CCCNCCC=CCc1ccc(C)c(C)c1. The summed E-state index contributed by atoms with van der Waals surface area (Å²) in [6.07, 6.45) is 7.95. The molecule has 1 heteroatoms. The summed E-state index contributed by atoms with van der Waals surface area (Å²) < 4.78 is 0. The molecule has 0 fully saturated rings. The molecule has 1 aromatic carbocycles. The quantitative estimate of drug-likeness (QED) is 0.556. The predicted octanol–water partition coefficient (Wildman–Crippen LogP) is 3.79. The molecular formula is C16H25N. The van der Waals surface area contributed by atoms with Crippen molar-refractivity contribution in [2.45, 2.75) is 40.0 Å². The van der Waals surface area contributed by atoms with Gasteiger partial charge in [0.15, 0.2) is 0 Å². The Hall–Kier alpha value is -1.08. The molecule has 94 valence electrons. The highest BCUT2D eigenvalue weighted by atomic mass is 14.8. The van der Waals surface area contributed by atoms with E-state index in [1.54, 1.807) is 0 Å². The second kappa shape index (κ2) is 8.08. The van der Waals surface area contributed by atoms with E-state index >= 15 is 0 Å². The molecule has 0 unspecified atom stereocenters. The Kier molecular flexibility index (Phi) is 6.64. The zero-order valence-corrected chi connectivity index (χ0v) is 11.4. The van der Waals surface area contributed by atoms with Gasteiger partial charge in [-0.1, -0.05) is 37.3 Å². The molecule has 0 heterocycles. The molecule has 0 amide bonds. The first-order valence-corrected chi connectivity index (χ1v) is 6.66. The molecule has 0 saturated carbocycles. The Balaban J connectivity index is 2.25. The maximum atomic E-state index is 3.40. The summed E-state index contributed by atoms with van der Waals surface area (Å²) in [6, 6.07) is 6.72. The van der Waals surface area contributed by atoms with Crippen molar-refractivity contribution in [2.24, 2.45) is 0 Å². The van der Waals surface area contributed by atoms with Crippen LogP contribution in [-0.4, -0.2) is 13.1 Å². The third kappa shape index (κ3) is 5.69. The third-order valence-corrected chi connectivity index (χ3v) is 3.01. The van der Waals surface area contributed by atoms with Gasteiger partial charge in [-0.3, -0.25) is 0 Å². The molecule has 0 radical (unpaired) electrons. The standard InChI is InChI=1S/C16H25N/c1-4-11-17-12-7-5-6-8-16-10-9-14(2)15(3)13-16/h5-6,9-10,13,17H,4,7-8,11-12H2,1-3H3. The van der Waals surface area contributed by atoms with E-state index in [9.17, 15) is 0 Å². The van der Waals surface area contributed by atoms with Gasteiger partial charge in [0.2, 0.25) is 0 Å². The Morgan fingerprint density at radius 3 is 2.59 bits per heavy atom. The van der Waals surface area contributed by atoms with Crippen molar-refractivity contribution in [3.63, 3.8) is 0 Å². The van der Waals surface area contributed by atoms with Crippen molar-refractivity contribution >= 4 is 0 Å². The van der Waals surface area contributed by atoms with Crippen LogP contribution in [0.3, 0.4) is 0 Å². The number of hydrogen-bond acceptors (Lipinski definition) is 1. The average Bonchev–Trinajstić information content (AvgIpc) is 2.32. The van der Waals surface area contributed by atoms with E-state index in [0.29, 0.717) is 0 Å². The molecule has 1 N–H and O–H groups in total. The third-order valence-electron chi connectivity index (χ3n) is 3.01. The monoisotopic (exact) mass is 231 g/mol. The fourth-order valence-electron chi connectivity index (χ4n) is 1.75. The summed E-state index contributed by atoms with van der Waals surface area (Å²) in [5.74, 6) is 0. The summed E-state index contributed by atoms with van der Waals surface area (Å²) >= 11 is 0. The molecule has 0 aliphatic heterocycles. The van der Waals surface area contributed by atoms with Crippen molar-refractivity contribution in [1.82, 2.24) is 5.32 Å². The first-order valence-electron chi connectivity index (χ1n) is 6.66. The highest BCUT2D eigenvalue weighted by molar-refractivity contribution is 5.30. The van der Waals surface area contributed by atoms with Crippen molar-refractivity contribution in [1.29, 1.82) is 0 Å². The summed E-state index contributed by atoms with van der Waals surface area (Å²) in [4.78, 5) is 0. The van der Waals surface area contributed by atoms with Crippen LogP contribution in [0.25, 0.3) is 0 Å². The average molecular weight is 231 g/mol. The van der Waals surface area contributed by atoms with Crippen LogP contribution in [-0.2, 0) is 6.42 Å². The van der Waals surface area contributed by atoms with Crippen LogP contribution in [0.1, 0.15) is 36.5 Å². The zero-order valence-electron chi connectivity index (χ0n) is 11.4. The lowest BCUT2D eigenvalue weighted by atomic mass is 10.0. The van der Waals surface area contributed by atoms with Gasteiger partial charge in [0.05, 0.1) is 0 Å². The Bertz CT molecular complexity index is 353. The number of allylic oxidation sites excluding steroid dienone is 1. The lowest BCUT2D eigenvalue weighted by molar-refractivity contribution is 0.678. The molecule has 1 rings (SSSR count). The van der Waals surface area contributed by atoms with Crippen molar-refractivity contribution in [2.75, 3.05) is 13.1 Å². The second-order valence-corrected chi connectivity index (χ2v) is 4.63. The van der Waals surface area contributed by atoms with E-state index < -0.39 is 0 Å². The van der Waals surface area contributed by atoms with Crippen LogP contribution in [0, 0.1) is 13.8 Å².